The van der Waals surface area contributed by atoms with Crippen molar-refractivity contribution in [3.8, 4) is 10.6 Å². The van der Waals surface area contributed by atoms with Crippen LogP contribution < -0.4 is 5.73 Å². The number of nitrogens with zero attached hydrogens (tertiary/aromatic N) is 1. The third-order valence-electron chi connectivity index (χ3n) is 4.48. The molecule has 2 N–H and O–H groups in total. The standard InChI is InChI=1S/C19H20N2O2S2/c1-10(2)23-19(22)17-15(20)14-11-6-3-4-7-12(11)16(21-18(14)25-17)13-8-5-9-24-13/h5,8-10H,3-4,6-7,20H2,1-2H3. The third-order valence-corrected chi connectivity index (χ3v) is 6.43. The van der Waals surface area contributed by atoms with Crippen molar-refractivity contribution in [1.29, 1.82) is 0 Å². The van der Waals surface area contributed by atoms with E-state index in [2.05, 4.69) is 17.5 Å². The van der Waals surface area contributed by atoms with E-state index in [1.807, 2.05) is 13.8 Å². The summed E-state index contributed by atoms with van der Waals surface area (Å²) in [5.41, 5.74) is 10.5. The van der Waals surface area contributed by atoms with E-state index in [9.17, 15) is 4.79 Å². The number of aryl methyl sites for hydroxylation is 1. The highest BCUT2D eigenvalue weighted by atomic mass is 32.1. The molecule has 3 heterocycles. The highest BCUT2D eigenvalue weighted by Crippen LogP contribution is 2.43. The van der Waals surface area contributed by atoms with Crippen LogP contribution in [0.15, 0.2) is 17.5 Å². The number of nitrogen functional groups attached to an aromatic ring is 1. The molecule has 0 radical (unpaired) electrons. The summed E-state index contributed by atoms with van der Waals surface area (Å²) in [4.78, 5) is 19.8. The monoisotopic (exact) mass is 372 g/mol. The lowest BCUT2D eigenvalue weighted by molar-refractivity contribution is 0.0385. The molecule has 0 fully saturated rings. The number of aromatic nitrogens is 1. The minimum absolute atomic E-state index is 0.166. The summed E-state index contributed by atoms with van der Waals surface area (Å²) in [6.45, 7) is 3.69. The Morgan fingerprint density at radius 3 is 2.72 bits per heavy atom. The summed E-state index contributed by atoms with van der Waals surface area (Å²) in [5, 5.41) is 3.04. The number of pyridine rings is 1. The van der Waals surface area contributed by atoms with Crippen molar-refractivity contribution in [2.75, 3.05) is 5.73 Å². The number of fused-ring (bicyclic) bond motifs is 3. The van der Waals surface area contributed by atoms with E-state index in [0.717, 1.165) is 35.2 Å². The molecular formula is C19H20N2O2S2. The van der Waals surface area contributed by atoms with Crippen molar-refractivity contribution in [3.63, 3.8) is 0 Å². The van der Waals surface area contributed by atoms with Gasteiger partial charge in [-0.15, -0.1) is 22.7 Å². The van der Waals surface area contributed by atoms with Gasteiger partial charge < -0.3 is 10.5 Å². The Kier molecular flexibility index (Phi) is 4.25. The van der Waals surface area contributed by atoms with Crippen LogP contribution >= 0.6 is 22.7 Å². The average molecular weight is 373 g/mol. The van der Waals surface area contributed by atoms with Crippen LogP contribution in [0.4, 0.5) is 5.69 Å². The van der Waals surface area contributed by atoms with E-state index < -0.39 is 0 Å². The van der Waals surface area contributed by atoms with Gasteiger partial charge in [0.15, 0.2) is 0 Å². The molecule has 0 aliphatic heterocycles. The summed E-state index contributed by atoms with van der Waals surface area (Å²) in [6.07, 6.45) is 4.17. The summed E-state index contributed by atoms with van der Waals surface area (Å²) < 4.78 is 5.36. The van der Waals surface area contributed by atoms with Gasteiger partial charge in [-0.3, -0.25) is 0 Å². The number of ether oxygens (including phenoxy) is 1. The van der Waals surface area contributed by atoms with Gasteiger partial charge >= 0.3 is 5.97 Å². The van der Waals surface area contributed by atoms with Gasteiger partial charge in [0.2, 0.25) is 0 Å². The topological polar surface area (TPSA) is 65.2 Å². The zero-order valence-corrected chi connectivity index (χ0v) is 15.9. The number of hydrogen-bond acceptors (Lipinski definition) is 6. The Morgan fingerprint density at radius 1 is 1.28 bits per heavy atom. The molecule has 0 bridgehead atoms. The lowest BCUT2D eigenvalue weighted by atomic mass is 9.88. The van der Waals surface area contributed by atoms with E-state index >= 15 is 0 Å². The molecular weight excluding hydrogens is 352 g/mol. The van der Waals surface area contributed by atoms with E-state index in [1.54, 1.807) is 11.3 Å². The maximum atomic E-state index is 12.4. The fraction of sp³-hybridized carbons (Fsp3) is 0.368. The van der Waals surface area contributed by atoms with Crippen molar-refractivity contribution in [3.05, 3.63) is 33.5 Å². The predicted molar refractivity (Wildman–Crippen MR) is 105 cm³/mol. The first-order valence-electron chi connectivity index (χ1n) is 8.55. The number of anilines is 1. The van der Waals surface area contributed by atoms with E-state index in [4.69, 9.17) is 15.5 Å². The van der Waals surface area contributed by atoms with Gasteiger partial charge in [0.25, 0.3) is 0 Å². The molecule has 0 saturated carbocycles. The molecule has 0 aromatic carbocycles. The zero-order chi connectivity index (χ0) is 17.6. The minimum atomic E-state index is -0.349. The molecule has 1 aliphatic carbocycles. The van der Waals surface area contributed by atoms with Crippen LogP contribution in [0.25, 0.3) is 20.8 Å². The van der Waals surface area contributed by atoms with Gasteiger partial charge in [-0.25, -0.2) is 9.78 Å². The van der Waals surface area contributed by atoms with Crippen LogP contribution in [0, 0.1) is 0 Å². The summed E-state index contributed by atoms with van der Waals surface area (Å²) in [5.74, 6) is -0.349. The number of carbonyl (C=O) groups excluding carboxylic acids is 1. The van der Waals surface area contributed by atoms with Gasteiger partial charge in [0.05, 0.1) is 22.4 Å². The molecule has 25 heavy (non-hydrogen) atoms. The molecule has 3 aromatic rings. The second-order valence-electron chi connectivity index (χ2n) is 6.58. The van der Waals surface area contributed by atoms with Crippen LogP contribution in [-0.4, -0.2) is 17.1 Å². The normalized spacial score (nSPS) is 14.0. The van der Waals surface area contributed by atoms with Gasteiger partial charge in [0, 0.05) is 5.39 Å². The van der Waals surface area contributed by atoms with Crippen LogP contribution in [0.2, 0.25) is 0 Å². The second kappa shape index (κ2) is 6.42. The average Bonchev–Trinajstić information content (AvgIpc) is 3.21. The Hall–Kier alpha value is -1.92. The number of hydrogen-bond donors (Lipinski definition) is 1. The third kappa shape index (κ3) is 2.83. The Labute approximate surface area is 154 Å². The van der Waals surface area contributed by atoms with Crippen molar-refractivity contribution >= 4 is 44.5 Å². The molecule has 6 heteroatoms. The van der Waals surface area contributed by atoms with Crippen molar-refractivity contribution < 1.29 is 9.53 Å². The van der Waals surface area contributed by atoms with Gasteiger partial charge in [-0.2, -0.15) is 0 Å². The van der Waals surface area contributed by atoms with Crippen LogP contribution in [-0.2, 0) is 17.6 Å². The molecule has 130 valence electrons. The van der Waals surface area contributed by atoms with Gasteiger partial charge in [-0.1, -0.05) is 6.07 Å². The van der Waals surface area contributed by atoms with E-state index in [-0.39, 0.29) is 12.1 Å². The fourth-order valence-corrected chi connectivity index (χ4v) is 5.20. The molecule has 0 saturated heterocycles. The lowest BCUT2D eigenvalue weighted by Crippen LogP contribution is -2.12. The lowest BCUT2D eigenvalue weighted by Gasteiger charge is -2.19. The number of esters is 1. The maximum Gasteiger partial charge on any atom is 0.350 e. The first-order valence-corrected chi connectivity index (χ1v) is 10.2. The number of nitrogens with two attached hydrogens (primary N) is 1. The molecule has 0 atom stereocenters. The molecule has 0 spiro atoms. The van der Waals surface area contributed by atoms with Gasteiger partial charge in [0.1, 0.15) is 9.71 Å². The number of rotatable bonds is 3. The molecule has 4 nitrogen and oxygen atoms in total. The fourth-order valence-electron chi connectivity index (χ4n) is 3.45. The summed E-state index contributed by atoms with van der Waals surface area (Å²) in [7, 11) is 0. The molecule has 4 rings (SSSR count). The maximum absolute atomic E-state index is 12.4. The predicted octanol–water partition coefficient (Wildman–Crippen LogP) is 5.05. The highest BCUT2D eigenvalue weighted by molar-refractivity contribution is 7.21. The summed E-state index contributed by atoms with van der Waals surface area (Å²) >= 11 is 3.05. The number of carbonyl (C=O) groups is 1. The molecule has 1 aliphatic rings. The van der Waals surface area contributed by atoms with Crippen LogP contribution in [0.3, 0.4) is 0 Å². The van der Waals surface area contributed by atoms with E-state index in [0.29, 0.717) is 10.6 Å². The Morgan fingerprint density at radius 2 is 2.04 bits per heavy atom. The number of thiophene rings is 2. The van der Waals surface area contributed by atoms with Crippen molar-refractivity contribution in [1.82, 2.24) is 4.98 Å². The van der Waals surface area contributed by atoms with Crippen LogP contribution in [0.1, 0.15) is 47.5 Å². The highest BCUT2D eigenvalue weighted by Gasteiger charge is 2.26. The largest absolute Gasteiger partial charge is 0.459 e. The van der Waals surface area contributed by atoms with Crippen molar-refractivity contribution in [2.24, 2.45) is 0 Å². The quantitative estimate of drug-likeness (QED) is 0.653. The second-order valence-corrected chi connectivity index (χ2v) is 8.53. The van der Waals surface area contributed by atoms with Crippen LogP contribution in [0.5, 0.6) is 0 Å². The van der Waals surface area contributed by atoms with E-state index in [1.165, 1.54) is 33.8 Å². The first kappa shape index (κ1) is 16.5. The molecule has 3 aromatic heterocycles. The van der Waals surface area contributed by atoms with Gasteiger partial charge in [-0.05, 0) is 62.1 Å². The first-order chi connectivity index (χ1) is 12.1. The summed E-state index contributed by atoms with van der Waals surface area (Å²) in [6, 6.07) is 4.16. The van der Waals surface area contributed by atoms with Crippen molar-refractivity contribution in [2.45, 2.75) is 45.6 Å². The SMILES string of the molecule is CC(C)OC(=O)c1sc2nc(-c3cccs3)c3c(c2c1N)CCCC3. The smallest absolute Gasteiger partial charge is 0.350 e. The minimum Gasteiger partial charge on any atom is -0.459 e. The molecule has 0 unspecified atom stereocenters. The Balaban J connectivity index is 1.95. The molecule has 0 amide bonds. The zero-order valence-electron chi connectivity index (χ0n) is 14.3. The Bertz CT molecular complexity index is 942.